The van der Waals surface area contributed by atoms with Gasteiger partial charge in [0.05, 0.1) is 19.3 Å². The van der Waals surface area contributed by atoms with E-state index in [2.05, 4.69) is 4.99 Å². The van der Waals surface area contributed by atoms with Crippen LogP contribution in [0.1, 0.15) is 31.2 Å². The largest absolute Gasteiger partial charge is 0.497 e. The molecule has 3 nitrogen and oxygen atoms in total. The number of nitrogens with zero attached hydrogens (tertiary/aromatic N) is 1. The van der Waals surface area contributed by atoms with Gasteiger partial charge in [0.2, 0.25) is 0 Å². The number of methoxy groups -OCH3 is 1. The topological polar surface area (TPSA) is 41.8 Å². The summed E-state index contributed by atoms with van der Waals surface area (Å²) in [6.45, 7) is 0. The lowest BCUT2D eigenvalue weighted by molar-refractivity contribution is 0.123. The summed E-state index contributed by atoms with van der Waals surface area (Å²) < 4.78 is 5.10. The number of ether oxygens (including phenoxy) is 1. The van der Waals surface area contributed by atoms with E-state index in [4.69, 9.17) is 4.74 Å². The lowest BCUT2D eigenvalue weighted by atomic mass is 9.93. The Kier molecular flexibility index (Phi) is 4.15. The number of hydrogen-bond donors (Lipinski definition) is 1. The normalized spacial score (nSPS) is 25.1. The Balaban J connectivity index is 1.90. The number of rotatable bonds is 3. The minimum absolute atomic E-state index is 0.109. The van der Waals surface area contributed by atoms with Gasteiger partial charge in [-0.3, -0.25) is 4.99 Å². The number of aliphatic imine (C=N–C) groups is 1. The van der Waals surface area contributed by atoms with Crippen LogP contribution >= 0.6 is 0 Å². The minimum Gasteiger partial charge on any atom is -0.497 e. The van der Waals surface area contributed by atoms with Crippen LogP contribution in [0.4, 0.5) is 0 Å². The summed E-state index contributed by atoms with van der Waals surface area (Å²) in [5, 5.41) is 9.40. The molecule has 0 atom stereocenters. The van der Waals surface area contributed by atoms with Gasteiger partial charge in [-0.05, 0) is 55.5 Å². The predicted octanol–water partition coefficient (Wildman–Crippen LogP) is 2.42. The Morgan fingerprint density at radius 1 is 1.18 bits per heavy atom. The fourth-order valence-electron chi connectivity index (χ4n) is 2.09. The van der Waals surface area contributed by atoms with Crippen molar-refractivity contribution >= 4 is 6.21 Å². The molecule has 1 saturated carbocycles. The van der Waals surface area contributed by atoms with Crippen molar-refractivity contribution in [3.05, 3.63) is 29.8 Å². The Morgan fingerprint density at radius 3 is 2.41 bits per heavy atom. The Morgan fingerprint density at radius 2 is 1.82 bits per heavy atom. The van der Waals surface area contributed by atoms with Crippen LogP contribution in [0.15, 0.2) is 29.3 Å². The van der Waals surface area contributed by atoms with Gasteiger partial charge in [0.1, 0.15) is 5.75 Å². The molecule has 0 aromatic heterocycles. The maximum absolute atomic E-state index is 9.40. The molecule has 0 amide bonds. The highest BCUT2D eigenvalue weighted by Gasteiger charge is 2.17. The highest BCUT2D eigenvalue weighted by Crippen LogP contribution is 2.21. The molecule has 92 valence electrons. The molecule has 1 aliphatic rings. The summed E-state index contributed by atoms with van der Waals surface area (Å²) in [7, 11) is 1.66. The summed E-state index contributed by atoms with van der Waals surface area (Å²) in [5.41, 5.74) is 1.09. The highest BCUT2D eigenvalue weighted by atomic mass is 16.5. The first-order chi connectivity index (χ1) is 8.28. The first-order valence-electron chi connectivity index (χ1n) is 6.13. The second kappa shape index (κ2) is 5.82. The van der Waals surface area contributed by atoms with E-state index in [1.54, 1.807) is 7.11 Å². The van der Waals surface area contributed by atoms with Crippen molar-refractivity contribution in [2.45, 2.75) is 37.8 Å². The SMILES string of the molecule is COc1ccc(/C=N/C2CCC(O)CC2)cc1. The first kappa shape index (κ1) is 12.1. The second-order valence-electron chi connectivity index (χ2n) is 4.51. The summed E-state index contributed by atoms with van der Waals surface area (Å²) in [6, 6.07) is 8.25. The van der Waals surface area contributed by atoms with Gasteiger partial charge in [0, 0.05) is 6.21 Å². The zero-order chi connectivity index (χ0) is 12.1. The molecule has 0 spiro atoms. The van der Waals surface area contributed by atoms with Gasteiger partial charge >= 0.3 is 0 Å². The van der Waals surface area contributed by atoms with Gasteiger partial charge in [-0.25, -0.2) is 0 Å². The smallest absolute Gasteiger partial charge is 0.118 e. The summed E-state index contributed by atoms with van der Waals surface area (Å²) in [5.74, 6) is 0.864. The van der Waals surface area contributed by atoms with Crippen LogP contribution in [0.5, 0.6) is 5.75 Å². The van der Waals surface area contributed by atoms with Crippen molar-refractivity contribution in [3.8, 4) is 5.75 Å². The van der Waals surface area contributed by atoms with Gasteiger partial charge in [-0.15, -0.1) is 0 Å². The third-order valence-corrected chi connectivity index (χ3v) is 3.22. The van der Waals surface area contributed by atoms with E-state index in [-0.39, 0.29) is 6.10 Å². The molecule has 17 heavy (non-hydrogen) atoms. The van der Waals surface area contributed by atoms with E-state index in [0.717, 1.165) is 37.0 Å². The van der Waals surface area contributed by atoms with E-state index in [1.807, 2.05) is 30.5 Å². The third-order valence-electron chi connectivity index (χ3n) is 3.22. The quantitative estimate of drug-likeness (QED) is 0.815. The standard InChI is InChI=1S/C14H19NO2/c1-17-14-8-2-11(3-9-14)10-15-12-4-6-13(16)7-5-12/h2-3,8-10,12-13,16H,4-7H2,1H3/b15-10+. The summed E-state index contributed by atoms with van der Waals surface area (Å²) in [4.78, 5) is 4.57. The van der Waals surface area contributed by atoms with Crippen molar-refractivity contribution in [1.82, 2.24) is 0 Å². The minimum atomic E-state index is -0.109. The molecular weight excluding hydrogens is 214 g/mol. The van der Waals surface area contributed by atoms with Crippen LogP contribution in [0, 0.1) is 0 Å². The van der Waals surface area contributed by atoms with E-state index >= 15 is 0 Å². The zero-order valence-electron chi connectivity index (χ0n) is 10.2. The highest BCUT2D eigenvalue weighted by molar-refractivity contribution is 5.79. The number of hydrogen-bond acceptors (Lipinski definition) is 3. The summed E-state index contributed by atoms with van der Waals surface area (Å²) >= 11 is 0. The molecule has 0 saturated heterocycles. The van der Waals surface area contributed by atoms with Crippen LogP contribution < -0.4 is 4.74 Å². The number of aliphatic hydroxyl groups excluding tert-OH is 1. The molecule has 0 unspecified atom stereocenters. The van der Waals surface area contributed by atoms with Crippen LogP contribution in [0.25, 0.3) is 0 Å². The van der Waals surface area contributed by atoms with Gasteiger partial charge in [0.25, 0.3) is 0 Å². The Labute approximate surface area is 102 Å². The van der Waals surface area contributed by atoms with E-state index in [0.29, 0.717) is 6.04 Å². The van der Waals surface area contributed by atoms with Crippen LogP contribution in [0.3, 0.4) is 0 Å². The molecule has 1 aromatic carbocycles. The van der Waals surface area contributed by atoms with Gasteiger partial charge in [0.15, 0.2) is 0 Å². The van der Waals surface area contributed by atoms with Crippen molar-refractivity contribution < 1.29 is 9.84 Å². The maximum Gasteiger partial charge on any atom is 0.118 e. The van der Waals surface area contributed by atoms with Gasteiger partial charge in [-0.1, -0.05) is 0 Å². The monoisotopic (exact) mass is 233 g/mol. The molecule has 1 N–H and O–H groups in total. The van der Waals surface area contributed by atoms with E-state index < -0.39 is 0 Å². The average Bonchev–Trinajstić information content (AvgIpc) is 2.39. The molecular formula is C14H19NO2. The molecule has 0 radical (unpaired) electrons. The Hall–Kier alpha value is -1.35. The lowest BCUT2D eigenvalue weighted by Crippen LogP contribution is -2.20. The van der Waals surface area contributed by atoms with Crippen molar-refractivity contribution in [1.29, 1.82) is 0 Å². The average molecular weight is 233 g/mol. The summed E-state index contributed by atoms with van der Waals surface area (Å²) in [6.07, 6.45) is 5.56. The molecule has 1 fully saturated rings. The Bertz CT molecular complexity index is 364. The molecule has 0 bridgehead atoms. The fraction of sp³-hybridized carbons (Fsp3) is 0.500. The van der Waals surface area contributed by atoms with E-state index in [9.17, 15) is 5.11 Å². The van der Waals surface area contributed by atoms with Gasteiger partial charge in [-0.2, -0.15) is 0 Å². The molecule has 0 aliphatic heterocycles. The zero-order valence-corrected chi connectivity index (χ0v) is 10.2. The molecule has 2 rings (SSSR count). The predicted molar refractivity (Wildman–Crippen MR) is 68.9 cm³/mol. The van der Waals surface area contributed by atoms with Gasteiger partial charge < -0.3 is 9.84 Å². The van der Waals surface area contributed by atoms with E-state index in [1.165, 1.54) is 0 Å². The van der Waals surface area contributed by atoms with Crippen LogP contribution in [-0.2, 0) is 0 Å². The van der Waals surface area contributed by atoms with Crippen molar-refractivity contribution in [2.24, 2.45) is 4.99 Å². The van der Waals surface area contributed by atoms with Crippen molar-refractivity contribution in [2.75, 3.05) is 7.11 Å². The molecule has 1 aliphatic carbocycles. The lowest BCUT2D eigenvalue weighted by Gasteiger charge is -2.22. The molecule has 3 heteroatoms. The van der Waals surface area contributed by atoms with Crippen molar-refractivity contribution in [3.63, 3.8) is 0 Å². The maximum atomic E-state index is 9.40. The number of benzene rings is 1. The van der Waals surface area contributed by atoms with Crippen LogP contribution in [0.2, 0.25) is 0 Å². The molecule has 1 aromatic rings. The van der Waals surface area contributed by atoms with Crippen LogP contribution in [-0.4, -0.2) is 30.6 Å². The first-order valence-corrected chi connectivity index (χ1v) is 6.13. The second-order valence-corrected chi connectivity index (χ2v) is 4.51. The number of aliphatic hydroxyl groups is 1. The molecule has 0 heterocycles. The third kappa shape index (κ3) is 3.56. The fourth-order valence-corrected chi connectivity index (χ4v) is 2.09.